The van der Waals surface area contributed by atoms with Gasteiger partial charge >= 0.3 is 0 Å². The van der Waals surface area contributed by atoms with E-state index >= 15 is 0 Å². The van der Waals surface area contributed by atoms with Crippen LogP contribution in [0.3, 0.4) is 0 Å². The quantitative estimate of drug-likeness (QED) is 0.506. The zero-order chi connectivity index (χ0) is 20.1. The summed E-state index contributed by atoms with van der Waals surface area (Å²) in [5, 5.41) is 7.91. The van der Waals surface area contributed by atoms with Gasteiger partial charge in [0, 0.05) is 36.0 Å². The summed E-state index contributed by atoms with van der Waals surface area (Å²) in [4.78, 5) is 16.1. The lowest BCUT2D eigenvalue weighted by Gasteiger charge is -2.28. The molecular weight excluding hydrogens is 394 g/mol. The van der Waals surface area contributed by atoms with Crippen molar-refractivity contribution in [3.05, 3.63) is 71.9 Å². The van der Waals surface area contributed by atoms with Gasteiger partial charge in [0.15, 0.2) is 0 Å². The maximum atomic E-state index is 12.7. The number of benzene rings is 2. The predicted octanol–water partition coefficient (Wildman–Crippen LogP) is 4.86. The van der Waals surface area contributed by atoms with E-state index in [-0.39, 0.29) is 24.2 Å². The van der Waals surface area contributed by atoms with Crippen LogP contribution in [0.2, 0.25) is 0 Å². The van der Waals surface area contributed by atoms with Crippen LogP contribution in [0.1, 0.15) is 43.2 Å². The molecule has 30 heavy (non-hydrogen) atoms. The highest BCUT2D eigenvalue weighted by molar-refractivity contribution is 5.85. The minimum atomic E-state index is 0. The highest BCUT2D eigenvalue weighted by Gasteiger charge is 2.23. The maximum absolute atomic E-state index is 12.7. The van der Waals surface area contributed by atoms with Crippen molar-refractivity contribution >= 4 is 29.2 Å². The van der Waals surface area contributed by atoms with Crippen LogP contribution in [0.25, 0.3) is 10.9 Å². The number of carbonyl (C=O) groups excluding carboxylic acids is 1. The van der Waals surface area contributed by atoms with Crippen molar-refractivity contribution in [1.82, 2.24) is 15.6 Å². The lowest BCUT2D eigenvalue weighted by molar-refractivity contribution is -0.122. The van der Waals surface area contributed by atoms with Gasteiger partial charge in [0.25, 0.3) is 0 Å². The summed E-state index contributed by atoms with van der Waals surface area (Å²) in [5.74, 6) is 1.30. The number of aromatic amines is 1. The molecule has 1 amide bonds. The zero-order valence-electron chi connectivity index (χ0n) is 17.6. The number of aromatic nitrogens is 1. The van der Waals surface area contributed by atoms with Crippen LogP contribution in [0.4, 0.5) is 0 Å². The van der Waals surface area contributed by atoms with Crippen molar-refractivity contribution < 1.29 is 4.79 Å². The molecule has 1 saturated heterocycles. The Kier molecular flexibility index (Phi) is 7.94. The van der Waals surface area contributed by atoms with Crippen molar-refractivity contribution in [3.8, 4) is 0 Å². The molecule has 0 radical (unpaired) electrons. The van der Waals surface area contributed by atoms with E-state index in [1.54, 1.807) is 0 Å². The summed E-state index contributed by atoms with van der Waals surface area (Å²) in [6.45, 7) is 4.97. The first-order valence-corrected chi connectivity index (χ1v) is 10.8. The zero-order valence-corrected chi connectivity index (χ0v) is 18.4. The van der Waals surface area contributed by atoms with E-state index < -0.39 is 0 Å². The summed E-state index contributed by atoms with van der Waals surface area (Å²) < 4.78 is 0. The molecular formula is C25H32ClN3O. The second kappa shape index (κ2) is 10.6. The molecule has 3 unspecified atom stereocenters. The van der Waals surface area contributed by atoms with Crippen molar-refractivity contribution in [1.29, 1.82) is 0 Å². The molecule has 5 heteroatoms. The molecule has 1 fully saturated rings. The summed E-state index contributed by atoms with van der Waals surface area (Å²) in [7, 11) is 0. The van der Waals surface area contributed by atoms with E-state index in [0.717, 1.165) is 18.6 Å². The van der Waals surface area contributed by atoms with Gasteiger partial charge in [0.2, 0.25) is 5.91 Å². The molecule has 4 rings (SSSR count). The Balaban J connectivity index is 0.00000256. The molecule has 1 aliphatic rings. The molecule has 3 N–H and O–H groups in total. The minimum Gasteiger partial charge on any atom is -0.361 e. The third-order valence-electron chi connectivity index (χ3n) is 6.35. The third-order valence-corrected chi connectivity index (χ3v) is 6.35. The Bertz CT molecular complexity index is 934. The first kappa shape index (κ1) is 22.4. The van der Waals surface area contributed by atoms with Gasteiger partial charge in [-0.15, -0.1) is 12.4 Å². The molecule has 160 valence electrons. The van der Waals surface area contributed by atoms with E-state index in [0.29, 0.717) is 24.8 Å². The maximum Gasteiger partial charge on any atom is 0.220 e. The number of fused-ring (bicyclic) bond motifs is 1. The molecule has 0 bridgehead atoms. The highest BCUT2D eigenvalue weighted by Crippen LogP contribution is 2.30. The van der Waals surface area contributed by atoms with Crippen LogP contribution in [0.15, 0.2) is 60.8 Å². The molecule has 4 nitrogen and oxygen atoms in total. The lowest BCUT2D eigenvalue weighted by atomic mass is 9.85. The van der Waals surface area contributed by atoms with E-state index in [4.69, 9.17) is 0 Å². The molecule has 2 heterocycles. The SMILES string of the molecule is CC(CC(=O)NCC(c1ccccc1)c1c[nH]c2ccccc12)C1CCCNC1.Cl. The van der Waals surface area contributed by atoms with Gasteiger partial charge < -0.3 is 15.6 Å². The molecule has 3 aromatic rings. The fraction of sp³-hybridized carbons (Fsp3) is 0.400. The smallest absolute Gasteiger partial charge is 0.220 e. The Labute approximate surface area is 185 Å². The van der Waals surface area contributed by atoms with Gasteiger partial charge in [-0.1, -0.05) is 55.5 Å². The molecule has 2 aromatic carbocycles. The Hall–Kier alpha value is -2.30. The van der Waals surface area contributed by atoms with Crippen LogP contribution < -0.4 is 10.6 Å². The minimum absolute atomic E-state index is 0. The van der Waals surface area contributed by atoms with E-state index in [9.17, 15) is 4.79 Å². The van der Waals surface area contributed by atoms with E-state index in [1.165, 1.54) is 29.4 Å². The number of nitrogens with one attached hydrogen (secondary N) is 3. The predicted molar refractivity (Wildman–Crippen MR) is 126 cm³/mol. The summed E-state index contributed by atoms with van der Waals surface area (Å²) >= 11 is 0. The molecule has 0 spiro atoms. The Morgan fingerprint density at radius 2 is 1.90 bits per heavy atom. The standard InChI is InChI=1S/C25H31N3O.ClH/c1-18(20-10-7-13-26-15-20)14-25(29)28-16-22(19-8-3-2-4-9-19)23-17-27-24-12-6-5-11-21(23)24;/h2-6,8-9,11-12,17-18,20,22,26-27H,7,10,13-16H2,1H3,(H,28,29);1H. The fourth-order valence-corrected chi connectivity index (χ4v) is 4.59. The van der Waals surface area contributed by atoms with Crippen molar-refractivity contribution in [2.45, 2.75) is 32.1 Å². The second-order valence-electron chi connectivity index (χ2n) is 8.34. The van der Waals surface area contributed by atoms with Gasteiger partial charge in [-0.25, -0.2) is 0 Å². The normalized spacial score (nSPS) is 18.4. The lowest BCUT2D eigenvalue weighted by Crippen LogP contribution is -2.36. The van der Waals surface area contributed by atoms with Crippen molar-refractivity contribution in [2.75, 3.05) is 19.6 Å². The van der Waals surface area contributed by atoms with Crippen LogP contribution in [-0.4, -0.2) is 30.5 Å². The van der Waals surface area contributed by atoms with Gasteiger partial charge in [0.05, 0.1) is 0 Å². The van der Waals surface area contributed by atoms with Crippen molar-refractivity contribution in [3.63, 3.8) is 0 Å². The number of amides is 1. The molecule has 1 aliphatic heterocycles. The number of rotatable bonds is 7. The largest absolute Gasteiger partial charge is 0.361 e. The Morgan fingerprint density at radius 1 is 1.13 bits per heavy atom. The monoisotopic (exact) mass is 425 g/mol. The van der Waals surface area contributed by atoms with Crippen LogP contribution in [0, 0.1) is 11.8 Å². The van der Waals surface area contributed by atoms with Gasteiger partial charge in [0.1, 0.15) is 0 Å². The Morgan fingerprint density at radius 3 is 2.67 bits per heavy atom. The molecule has 0 saturated carbocycles. The number of hydrogen-bond acceptors (Lipinski definition) is 2. The first-order valence-electron chi connectivity index (χ1n) is 10.8. The van der Waals surface area contributed by atoms with Crippen LogP contribution >= 0.6 is 12.4 Å². The van der Waals surface area contributed by atoms with Crippen LogP contribution in [0.5, 0.6) is 0 Å². The summed E-state index contributed by atoms with van der Waals surface area (Å²) in [5.41, 5.74) is 3.59. The van der Waals surface area contributed by atoms with Gasteiger partial charge in [-0.2, -0.15) is 0 Å². The summed E-state index contributed by atoms with van der Waals surface area (Å²) in [6.07, 6.45) is 5.13. The molecule has 3 atom stereocenters. The molecule has 1 aromatic heterocycles. The number of para-hydroxylation sites is 1. The fourth-order valence-electron chi connectivity index (χ4n) is 4.59. The van der Waals surface area contributed by atoms with E-state index in [1.807, 2.05) is 12.1 Å². The number of carbonyl (C=O) groups is 1. The average Bonchev–Trinajstić information content (AvgIpc) is 3.19. The van der Waals surface area contributed by atoms with Crippen molar-refractivity contribution in [2.24, 2.45) is 11.8 Å². The van der Waals surface area contributed by atoms with Gasteiger partial charge in [-0.3, -0.25) is 4.79 Å². The molecule has 0 aliphatic carbocycles. The van der Waals surface area contributed by atoms with Crippen LogP contribution in [-0.2, 0) is 4.79 Å². The van der Waals surface area contributed by atoms with E-state index in [2.05, 4.69) is 71.2 Å². The number of piperidine rings is 1. The number of hydrogen-bond donors (Lipinski definition) is 3. The summed E-state index contributed by atoms with van der Waals surface area (Å²) in [6, 6.07) is 18.8. The second-order valence-corrected chi connectivity index (χ2v) is 8.34. The third kappa shape index (κ3) is 5.24. The topological polar surface area (TPSA) is 56.9 Å². The highest BCUT2D eigenvalue weighted by atomic mass is 35.5. The first-order chi connectivity index (χ1) is 14.2. The number of H-pyrrole nitrogens is 1. The average molecular weight is 426 g/mol. The van der Waals surface area contributed by atoms with Gasteiger partial charge in [-0.05, 0) is 55.0 Å². The number of halogens is 1.